The van der Waals surface area contributed by atoms with Crippen molar-refractivity contribution in [3.05, 3.63) is 78.1 Å². The van der Waals surface area contributed by atoms with Gasteiger partial charge in [0.1, 0.15) is 0 Å². The Hall–Kier alpha value is -3.53. The number of nitrogens with zero attached hydrogens (tertiary/aromatic N) is 3. The topological polar surface area (TPSA) is 65.5 Å². The first-order chi connectivity index (χ1) is 15.8. The minimum Gasteiger partial charge on any atom is -0.307 e. The van der Waals surface area contributed by atoms with Gasteiger partial charge in [-0.2, -0.15) is 13.2 Å². The number of rotatable bonds is 3. The first-order valence-corrected chi connectivity index (χ1v) is 11.2. The van der Waals surface area contributed by atoms with Gasteiger partial charge in [-0.15, -0.1) is 11.8 Å². The van der Waals surface area contributed by atoms with Gasteiger partial charge in [0, 0.05) is 35.2 Å². The number of carbonyl (C=O) groups is 2. The molecule has 3 aromatic rings. The molecular weight excluding hydrogens is 453 g/mol. The summed E-state index contributed by atoms with van der Waals surface area (Å²) in [5.41, 5.74) is 0.695. The van der Waals surface area contributed by atoms with Crippen molar-refractivity contribution in [3.8, 4) is 0 Å². The molecule has 0 aliphatic carbocycles. The summed E-state index contributed by atoms with van der Waals surface area (Å²) in [6, 6.07) is 12.4. The quantitative estimate of drug-likeness (QED) is 0.472. The summed E-state index contributed by atoms with van der Waals surface area (Å²) >= 11 is 1.00. The van der Waals surface area contributed by atoms with Crippen LogP contribution in [0.1, 0.15) is 11.1 Å². The van der Waals surface area contributed by atoms with Crippen molar-refractivity contribution in [2.75, 3.05) is 27.9 Å². The van der Waals surface area contributed by atoms with E-state index in [4.69, 9.17) is 0 Å². The van der Waals surface area contributed by atoms with Gasteiger partial charge in [0.15, 0.2) is 0 Å². The SMILES string of the molecule is CSc1cc2c(cc1C(F)(F)F)N(C(=O)N(C(=O)Nc1ccncc1)c1ccccc1)CC2. The fourth-order valence-corrected chi connectivity index (χ4v) is 4.29. The van der Waals surface area contributed by atoms with Crippen LogP contribution in [0.15, 0.2) is 71.9 Å². The monoisotopic (exact) mass is 472 g/mol. The van der Waals surface area contributed by atoms with Gasteiger partial charge in [-0.3, -0.25) is 9.88 Å². The van der Waals surface area contributed by atoms with Crippen LogP contribution in [0.3, 0.4) is 0 Å². The van der Waals surface area contributed by atoms with E-state index in [9.17, 15) is 22.8 Å². The van der Waals surface area contributed by atoms with Crippen LogP contribution in [0.2, 0.25) is 0 Å². The number of hydrogen-bond acceptors (Lipinski definition) is 4. The summed E-state index contributed by atoms with van der Waals surface area (Å²) in [4.78, 5) is 32.8. The largest absolute Gasteiger partial charge is 0.417 e. The second-order valence-electron chi connectivity index (χ2n) is 7.20. The van der Waals surface area contributed by atoms with Crippen LogP contribution in [0.25, 0.3) is 0 Å². The van der Waals surface area contributed by atoms with Crippen molar-refractivity contribution < 1.29 is 22.8 Å². The number of hydrogen-bond donors (Lipinski definition) is 1. The lowest BCUT2D eigenvalue weighted by molar-refractivity contribution is -0.139. The average Bonchev–Trinajstić information content (AvgIpc) is 3.22. The number of benzene rings is 2. The second kappa shape index (κ2) is 9.14. The summed E-state index contributed by atoms with van der Waals surface area (Å²) in [6.45, 7) is 0.162. The molecule has 0 saturated heterocycles. The summed E-state index contributed by atoms with van der Waals surface area (Å²) in [7, 11) is 0. The maximum Gasteiger partial charge on any atom is 0.417 e. The molecule has 2 heterocycles. The van der Waals surface area contributed by atoms with E-state index in [1.807, 2.05) is 0 Å². The number of halogens is 3. The Labute approximate surface area is 192 Å². The van der Waals surface area contributed by atoms with E-state index >= 15 is 0 Å². The standard InChI is InChI=1S/C23H19F3N4O2S/c1-33-20-13-15-9-12-29(19(15)14-18(20)23(24,25)26)22(32)30(17-5-3-2-4-6-17)21(31)28-16-7-10-27-11-8-16/h2-8,10-11,13-14H,9,12H2,1H3,(H,27,28,31). The van der Waals surface area contributed by atoms with Crippen LogP contribution in [0.4, 0.5) is 39.8 Å². The molecule has 0 spiro atoms. The third-order valence-corrected chi connectivity index (χ3v) is 5.95. The van der Waals surface area contributed by atoms with Gasteiger partial charge in [0.05, 0.1) is 11.3 Å². The molecule has 0 saturated carbocycles. The van der Waals surface area contributed by atoms with Crippen molar-refractivity contribution in [2.24, 2.45) is 0 Å². The molecule has 1 aliphatic rings. The maximum absolute atomic E-state index is 13.6. The first-order valence-electron chi connectivity index (χ1n) is 9.95. The third-order valence-electron chi connectivity index (χ3n) is 5.17. The summed E-state index contributed by atoms with van der Waals surface area (Å²) in [5, 5.41) is 2.64. The normalized spacial score (nSPS) is 12.9. The molecule has 4 amide bonds. The lowest BCUT2D eigenvalue weighted by Crippen LogP contribution is -2.48. The van der Waals surface area contributed by atoms with E-state index in [2.05, 4.69) is 10.3 Å². The van der Waals surface area contributed by atoms with Crippen LogP contribution >= 0.6 is 11.8 Å². The van der Waals surface area contributed by atoms with Crippen molar-refractivity contribution in [2.45, 2.75) is 17.5 Å². The van der Waals surface area contributed by atoms with Gasteiger partial charge in [0.2, 0.25) is 0 Å². The molecular formula is C23H19F3N4O2S. The zero-order valence-electron chi connectivity index (χ0n) is 17.5. The number of urea groups is 2. The lowest BCUT2D eigenvalue weighted by Gasteiger charge is -2.27. The molecule has 0 radical (unpaired) electrons. The highest BCUT2D eigenvalue weighted by Crippen LogP contribution is 2.42. The zero-order chi connectivity index (χ0) is 23.6. The van der Waals surface area contributed by atoms with Crippen molar-refractivity contribution in [1.29, 1.82) is 0 Å². The summed E-state index contributed by atoms with van der Waals surface area (Å²) < 4.78 is 40.9. The van der Waals surface area contributed by atoms with E-state index in [-0.39, 0.29) is 17.1 Å². The molecule has 2 aromatic carbocycles. The summed E-state index contributed by atoms with van der Waals surface area (Å²) in [6.07, 6.45) is 0.380. The summed E-state index contributed by atoms with van der Waals surface area (Å²) in [5.74, 6) is 0. The Balaban J connectivity index is 1.72. The molecule has 1 aromatic heterocycles. The van der Waals surface area contributed by atoms with Crippen LogP contribution in [0.5, 0.6) is 0 Å². The zero-order valence-corrected chi connectivity index (χ0v) is 18.3. The molecule has 0 fully saturated rings. The van der Waals surface area contributed by atoms with Crippen LogP contribution in [0, 0.1) is 0 Å². The third kappa shape index (κ3) is 4.65. The lowest BCUT2D eigenvalue weighted by atomic mass is 10.1. The number of pyridine rings is 1. The predicted molar refractivity (Wildman–Crippen MR) is 122 cm³/mol. The molecule has 0 bridgehead atoms. The van der Waals surface area contributed by atoms with Gasteiger partial charge in [-0.05, 0) is 54.6 Å². The van der Waals surface area contributed by atoms with E-state index in [1.165, 1.54) is 23.4 Å². The van der Waals surface area contributed by atoms with E-state index in [0.29, 0.717) is 23.4 Å². The van der Waals surface area contributed by atoms with Crippen LogP contribution in [-0.4, -0.2) is 29.8 Å². The van der Waals surface area contributed by atoms with Crippen LogP contribution < -0.4 is 15.1 Å². The molecule has 1 aliphatic heterocycles. The van der Waals surface area contributed by atoms with Crippen molar-refractivity contribution in [3.63, 3.8) is 0 Å². The average molecular weight is 472 g/mol. The molecule has 4 rings (SSSR count). The molecule has 10 heteroatoms. The highest BCUT2D eigenvalue weighted by molar-refractivity contribution is 7.98. The fourth-order valence-electron chi connectivity index (χ4n) is 3.63. The number of fused-ring (bicyclic) bond motifs is 1. The highest BCUT2D eigenvalue weighted by atomic mass is 32.2. The molecule has 1 N–H and O–H groups in total. The first kappa shape index (κ1) is 22.7. The Kier molecular flexibility index (Phi) is 6.28. The maximum atomic E-state index is 13.6. The number of para-hydroxylation sites is 1. The Morgan fingerprint density at radius 3 is 2.42 bits per heavy atom. The minimum atomic E-state index is -4.57. The van der Waals surface area contributed by atoms with E-state index in [0.717, 1.165) is 22.7 Å². The van der Waals surface area contributed by atoms with Gasteiger partial charge in [-0.25, -0.2) is 14.5 Å². The van der Waals surface area contributed by atoms with Crippen molar-refractivity contribution in [1.82, 2.24) is 4.98 Å². The van der Waals surface area contributed by atoms with E-state index in [1.54, 1.807) is 48.7 Å². The Morgan fingerprint density at radius 1 is 1.09 bits per heavy atom. The number of carbonyl (C=O) groups excluding carboxylic acids is 2. The minimum absolute atomic E-state index is 0.103. The molecule has 33 heavy (non-hydrogen) atoms. The van der Waals surface area contributed by atoms with Crippen LogP contribution in [-0.2, 0) is 12.6 Å². The van der Waals surface area contributed by atoms with Gasteiger partial charge >= 0.3 is 18.2 Å². The fraction of sp³-hybridized carbons (Fsp3) is 0.174. The highest BCUT2D eigenvalue weighted by Gasteiger charge is 2.38. The smallest absolute Gasteiger partial charge is 0.307 e. The Bertz CT molecular complexity index is 1170. The molecule has 0 unspecified atom stereocenters. The number of thioether (sulfide) groups is 1. The molecule has 0 atom stereocenters. The number of amides is 4. The van der Waals surface area contributed by atoms with Gasteiger partial charge < -0.3 is 5.32 Å². The second-order valence-corrected chi connectivity index (χ2v) is 8.05. The Morgan fingerprint density at radius 2 is 1.79 bits per heavy atom. The number of anilines is 3. The van der Waals surface area contributed by atoms with Gasteiger partial charge in [-0.1, -0.05) is 18.2 Å². The number of alkyl halides is 3. The van der Waals surface area contributed by atoms with E-state index < -0.39 is 23.8 Å². The van der Waals surface area contributed by atoms with Gasteiger partial charge in [0.25, 0.3) is 0 Å². The predicted octanol–water partition coefficient (Wildman–Crippen LogP) is 6.04. The van der Waals surface area contributed by atoms with Crippen molar-refractivity contribution >= 4 is 40.9 Å². The number of aromatic nitrogens is 1. The number of imide groups is 1. The molecule has 6 nitrogen and oxygen atoms in total. The number of nitrogens with one attached hydrogen (secondary N) is 1. The molecule has 170 valence electrons.